The summed E-state index contributed by atoms with van der Waals surface area (Å²) < 4.78 is 42.4. The Morgan fingerprint density at radius 3 is 2.51 bits per heavy atom. The number of para-hydroxylation sites is 1. The van der Waals surface area contributed by atoms with Crippen molar-refractivity contribution in [2.24, 2.45) is 11.8 Å². The number of hydrogen-bond acceptors (Lipinski definition) is 10. The molecule has 1 saturated carbocycles. The van der Waals surface area contributed by atoms with E-state index in [0.29, 0.717) is 65.0 Å². The highest BCUT2D eigenvalue weighted by Crippen LogP contribution is 2.58. The van der Waals surface area contributed by atoms with Crippen molar-refractivity contribution >= 4 is 52.6 Å². The maximum atomic E-state index is 16.5. The SMILES string of the molecule is CCCOC(=O)[C@H](C)NP(=O)(Oc1ccccc1)C(F)c1ccc2sc(C(=O)N[C@H]3C[C@H]4C[C@H]4C[C@H]4CC[C@@H](C(=O)N5CC(c6ncccn6)C5)N4C3=O)cc2c1. The number of thiophene rings is 1. The summed E-state index contributed by atoms with van der Waals surface area (Å²) in [5, 5.41) is 6.14. The van der Waals surface area contributed by atoms with Gasteiger partial charge in [0, 0.05) is 36.2 Å². The first-order valence-electron chi connectivity index (χ1n) is 19.7. The van der Waals surface area contributed by atoms with Gasteiger partial charge in [-0.25, -0.2) is 19.4 Å². The summed E-state index contributed by atoms with van der Waals surface area (Å²) >= 11 is 1.20. The predicted molar refractivity (Wildman–Crippen MR) is 211 cm³/mol. The van der Waals surface area contributed by atoms with Gasteiger partial charge in [-0.1, -0.05) is 31.2 Å². The van der Waals surface area contributed by atoms with Gasteiger partial charge in [-0.05, 0) is 105 Å². The molecule has 2 aromatic heterocycles. The van der Waals surface area contributed by atoms with Crippen LogP contribution in [0.15, 0.2) is 73.1 Å². The van der Waals surface area contributed by atoms with Crippen LogP contribution in [-0.4, -0.2) is 87.3 Å². The molecule has 0 bridgehead atoms. The van der Waals surface area contributed by atoms with E-state index in [9.17, 15) is 23.7 Å². The van der Waals surface area contributed by atoms with Gasteiger partial charge in [0.05, 0.1) is 17.4 Å². The molecule has 0 spiro atoms. The summed E-state index contributed by atoms with van der Waals surface area (Å²) in [5.41, 5.74) is 0.0312. The Bertz CT molecular complexity index is 2190. The molecule has 13 nitrogen and oxygen atoms in total. The molecule has 4 fully saturated rings. The molecule has 8 atom stereocenters. The lowest BCUT2D eigenvalue weighted by Crippen LogP contribution is -2.59. The number of carbonyl (C=O) groups is 4. The Morgan fingerprint density at radius 2 is 1.75 bits per heavy atom. The van der Waals surface area contributed by atoms with Gasteiger partial charge in [-0.2, -0.15) is 0 Å². The number of hydrogen-bond donors (Lipinski definition) is 2. The van der Waals surface area contributed by atoms with Gasteiger partial charge in [0.1, 0.15) is 29.7 Å². The topological polar surface area (TPSA) is 160 Å². The van der Waals surface area contributed by atoms with Gasteiger partial charge in [-0.15, -0.1) is 11.3 Å². The minimum Gasteiger partial charge on any atom is -0.465 e. The third-order valence-corrected chi connectivity index (χ3v) is 14.7. The van der Waals surface area contributed by atoms with Gasteiger partial charge in [0.2, 0.25) is 17.7 Å². The maximum Gasteiger partial charge on any atom is 0.355 e. The van der Waals surface area contributed by atoms with Crippen LogP contribution in [0, 0.1) is 11.8 Å². The molecule has 4 aromatic rings. The summed E-state index contributed by atoms with van der Waals surface area (Å²) in [7, 11) is -4.44. The predicted octanol–water partition coefficient (Wildman–Crippen LogP) is 6.38. The standard InChI is InChI=1S/C41H46FN6O7PS/c1-3-16-54-41(52)24(2)46-56(53,55-31-8-5-4-6-9-31)36(42)25-10-13-34-28(17-25)21-35(57-34)38(49)45-32-20-27-18-26(27)19-30-11-12-33(48(30)39(32)50)40(51)47-22-29(23-47)37-43-14-7-15-44-37/h4-10,13-15,17,21,24,26-27,29-30,32-33,36H,3,11-12,16,18-20,22-23H2,1-2H3,(H,45,49)(H,46,53)/t24-,26-,27+,30+,32-,33-,36?,56?/m0/s1. The number of carbonyl (C=O) groups excluding carboxylic acids is 4. The summed E-state index contributed by atoms with van der Waals surface area (Å²) in [6.45, 7) is 4.46. The van der Waals surface area contributed by atoms with Crippen LogP contribution >= 0.6 is 18.9 Å². The summed E-state index contributed by atoms with van der Waals surface area (Å²) in [5.74, 6) is -1.86. The van der Waals surface area contributed by atoms with Crippen LogP contribution in [-0.2, 0) is 23.7 Å². The van der Waals surface area contributed by atoms with Gasteiger partial charge < -0.3 is 24.4 Å². The Labute approximate surface area is 334 Å². The van der Waals surface area contributed by atoms with E-state index >= 15 is 4.39 Å². The zero-order valence-corrected chi connectivity index (χ0v) is 33.5. The van der Waals surface area contributed by atoms with E-state index in [-0.39, 0.29) is 41.7 Å². The lowest BCUT2D eigenvalue weighted by Gasteiger charge is -2.42. The number of alkyl halides is 1. The molecule has 16 heteroatoms. The Kier molecular flexibility index (Phi) is 11.2. The van der Waals surface area contributed by atoms with Crippen LogP contribution in [0.5, 0.6) is 5.75 Å². The number of aromatic nitrogens is 2. The molecule has 2 N–H and O–H groups in total. The molecule has 3 saturated heterocycles. The summed E-state index contributed by atoms with van der Waals surface area (Å²) in [4.78, 5) is 67.2. The first-order chi connectivity index (χ1) is 27.5. The van der Waals surface area contributed by atoms with Crippen molar-refractivity contribution in [1.29, 1.82) is 0 Å². The number of likely N-dealkylation sites (tertiary alicyclic amines) is 1. The number of esters is 1. The van der Waals surface area contributed by atoms with Crippen LogP contribution in [0.3, 0.4) is 0 Å². The molecular weight excluding hydrogens is 771 g/mol. The van der Waals surface area contributed by atoms with E-state index in [1.807, 2.05) is 6.92 Å². The van der Waals surface area contributed by atoms with Crippen molar-refractivity contribution in [2.45, 2.75) is 88.4 Å². The first-order valence-corrected chi connectivity index (χ1v) is 22.2. The van der Waals surface area contributed by atoms with E-state index in [1.165, 1.54) is 30.4 Å². The average molecular weight is 817 g/mol. The zero-order valence-electron chi connectivity index (χ0n) is 31.8. The average Bonchev–Trinajstić information content (AvgIpc) is 3.54. The third-order valence-electron chi connectivity index (χ3n) is 11.5. The fourth-order valence-electron chi connectivity index (χ4n) is 8.36. The van der Waals surface area contributed by atoms with Crippen LogP contribution in [0.4, 0.5) is 4.39 Å². The zero-order chi connectivity index (χ0) is 39.8. The number of amides is 3. The molecule has 2 aromatic carbocycles. The minimum atomic E-state index is -4.44. The summed E-state index contributed by atoms with van der Waals surface area (Å²) in [6.07, 6.45) is 7.69. The molecule has 8 rings (SSSR count). The molecule has 3 aliphatic heterocycles. The number of ether oxygens (including phenoxy) is 1. The lowest BCUT2D eigenvalue weighted by atomic mass is 9.97. The number of fused-ring (bicyclic) bond motifs is 3. The van der Waals surface area contributed by atoms with E-state index in [1.54, 1.807) is 70.7 Å². The first kappa shape index (κ1) is 39.1. The second-order valence-corrected chi connectivity index (χ2v) is 18.7. The van der Waals surface area contributed by atoms with Crippen molar-refractivity contribution < 1.29 is 37.4 Å². The van der Waals surface area contributed by atoms with Crippen molar-refractivity contribution in [1.82, 2.24) is 30.2 Å². The van der Waals surface area contributed by atoms with Gasteiger partial charge in [0.25, 0.3) is 5.91 Å². The monoisotopic (exact) mass is 816 g/mol. The van der Waals surface area contributed by atoms with Crippen LogP contribution in [0.1, 0.15) is 85.3 Å². The number of nitrogens with one attached hydrogen (secondary N) is 2. The molecule has 57 heavy (non-hydrogen) atoms. The highest BCUT2D eigenvalue weighted by molar-refractivity contribution is 7.57. The highest BCUT2D eigenvalue weighted by atomic mass is 32.1. The number of rotatable bonds is 13. The van der Waals surface area contributed by atoms with Crippen LogP contribution in [0.2, 0.25) is 0 Å². The Morgan fingerprint density at radius 1 is 1.00 bits per heavy atom. The second-order valence-electron chi connectivity index (χ2n) is 15.6. The molecule has 2 unspecified atom stereocenters. The van der Waals surface area contributed by atoms with E-state index in [0.717, 1.165) is 19.3 Å². The van der Waals surface area contributed by atoms with E-state index in [2.05, 4.69) is 20.4 Å². The number of halogens is 1. The Balaban J connectivity index is 0.976. The quantitative estimate of drug-likeness (QED) is 0.115. The summed E-state index contributed by atoms with van der Waals surface area (Å²) in [6, 6.07) is 13.6. The largest absolute Gasteiger partial charge is 0.465 e. The number of nitrogens with zero attached hydrogens (tertiary/aromatic N) is 4. The molecule has 0 radical (unpaired) electrons. The van der Waals surface area contributed by atoms with E-state index < -0.39 is 43.4 Å². The van der Waals surface area contributed by atoms with E-state index in [4.69, 9.17) is 9.26 Å². The molecule has 4 aliphatic rings. The van der Waals surface area contributed by atoms with Gasteiger partial charge in [-0.3, -0.25) is 23.7 Å². The number of benzene rings is 2. The normalized spacial score (nSPS) is 25.2. The molecule has 3 amide bonds. The maximum absolute atomic E-state index is 16.5. The fourth-order valence-corrected chi connectivity index (χ4v) is 11.2. The molecular formula is C41H46FN6O7PS. The molecule has 1 aliphatic carbocycles. The Hall–Kier alpha value is -4.72. The minimum absolute atomic E-state index is 0.0312. The third kappa shape index (κ3) is 8.19. The van der Waals surface area contributed by atoms with Crippen molar-refractivity contribution in [3.05, 3.63) is 89.3 Å². The molecule has 5 heterocycles. The highest BCUT2D eigenvalue weighted by Gasteiger charge is 2.52. The lowest BCUT2D eigenvalue weighted by molar-refractivity contribution is -0.149. The van der Waals surface area contributed by atoms with Crippen molar-refractivity contribution in [2.75, 3.05) is 19.7 Å². The van der Waals surface area contributed by atoms with Gasteiger partial charge >= 0.3 is 13.5 Å². The van der Waals surface area contributed by atoms with Crippen LogP contribution < -0.4 is 14.9 Å². The van der Waals surface area contributed by atoms with Crippen molar-refractivity contribution in [3.8, 4) is 5.75 Å². The van der Waals surface area contributed by atoms with Gasteiger partial charge in [0.15, 0.2) is 0 Å². The van der Waals surface area contributed by atoms with Crippen LogP contribution in [0.25, 0.3) is 10.1 Å². The fraction of sp³-hybridized carbons (Fsp3) is 0.463. The van der Waals surface area contributed by atoms with Crippen molar-refractivity contribution in [3.63, 3.8) is 0 Å². The smallest absolute Gasteiger partial charge is 0.355 e. The molecule has 300 valence electrons. The second kappa shape index (κ2) is 16.3.